The molecule has 4 fully saturated rings. The van der Waals surface area contributed by atoms with E-state index in [-0.39, 0.29) is 48.5 Å². The molecule has 0 aliphatic carbocycles. The van der Waals surface area contributed by atoms with Crippen molar-refractivity contribution in [2.75, 3.05) is 32.8 Å². The molecule has 4 aliphatic rings. The van der Waals surface area contributed by atoms with Crippen LogP contribution in [0, 0.1) is 5.92 Å². The molecular formula is C32H49N3O8. The molecule has 11 heteroatoms. The molecule has 4 rings (SSSR count). The number of esters is 1. The van der Waals surface area contributed by atoms with Gasteiger partial charge in [-0.2, -0.15) is 0 Å². The van der Waals surface area contributed by atoms with E-state index in [1.165, 1.54) is 13.0 Å². The van der Waals surface area contributed by atoms with Crippen molar-refractivity contribution in [3.8, 4) is 0 Å². The molecule has 0 aromatic heterocycles. The van der Waals surface area contributed by atoms with Crippen LogP contribution in [0.3, 0.4) is 0 Å². The lowest BCUT2D eigenvalue weighted by Crippen LogP contribution is -2.52. The maximum Gasteiger partial charge on any atom is 0.303 e. The number of nitrogens with one attached hydrogen (secondary N) is 2. The van der Waals surface area contributed by atoms with E-state index < -0.39 is 29.9 Å². The van der Waals surface area contributed by atoms with Crippen molar-refractivity contribution in [1.29, 1.82) is 0 Å². The van der Waals surface area contributed by atoms with E-state index in [2.05, 4.69) is 23.6 Å². The highest BCUT2D eigenvalue weighted by molar-refractivity contribution is 5.87. The fraction of sp³-hybridized carbons (Fsp3) is 0.719. The van der Waals surface area contributed by atoms with E-state index in [4.69, 9.17) is 18.9 Å². The molecule has 2 amide bonds. The van der Waals surface area contributed by atoms with Crippen LogP contribution in [0.5, 0.6) is 0 Å². The average Bonchev–Trinajstić information content (AvgIpc) is 3.74. The smallest absolute Gasteiger partial charge is 0.303 e. The van der Waals surface area contributed by atoms with Crippen LogP contribution in [-0.4, -0.2) is 109 Å². The van der Waals surface area contributed by atoms with Crippen LogP contribution in [0.15, 0.2) is 36.0 Å². The summed E-state index contributed by atoms with van der Waals surface area (Å²) in [6.45, 7) is 12.6. The van der Waals surface area contributed by atoms with E-state index in [1.807, 2.05) is 30.9 Å². The number of piperazine rings is 1. The molecule has 1 spiro atoms. The number of amides is 2. The number of nitrogens with zero attached hydrogens (tertiary/aromatic N) is 1. The Balaban J connectivity index is 1.26. The predicted octanol–water partition coefficient (Wildman–Crippen LogP) is 1.79. The summed E-state index contributed by atoms with van der Waals surface area (Å²) >= 11 is 0. The molecule has 4 saturated heterocycles. The van der Waals surface area contributed by atoms with E-state index in [1.54, 1.807) is 13.0 Å². The Morgan fingerprint density at radius 1 is 1.16 bits per heavy atom. The lowest BCUT2D eigenvalue weighted by atomic mass is 9.87. The Hall–Kier alpha value is -2.57. The summed E-state index contributed by atoms with van der Waals surface area (Å²) in [6.07, 6.45) is 8.94. The summed E-state index contributed by atoms with van der Waals surface area (Å²) in [7, 11) is 0. The number of rotatable bonds is 10. The highest BCUT2D eigenvalue weighted by Crippen LogP contribution is 2.43. The second-order valence-electron chi connectivity index (χ2n) is 12.5. The quantitative estimate of drug-likeness (QED) is 0.148. The van der Waals surface area contributed by atoms with E-state index in [9.17, 15) is 19.5 Å². The zero-order valence-electron chi connectivity index (χ0n) is 26.1. The first-order chi connectivity index (χ1) is 20.5. The van der Waals surface area contributed by atoms with Crippen molar-refractivity contribution >= 4 is 17.8 Å². The number of aliphatic hydroxyl groups is 1. The third-order valence-corrected chi connectivity index (χ3v) is 8.80. The summed E-state index contributed by atoms with van der Waals surface area (Å²) in [5.41, 5.74) is 0.398. The van der Waals surface area contributed by atoms with Crippen molar-refractivity contribution < 1.29 is 38.4 Å². The van der Waals surface area contributed by atoms with Gasteiger partial charge in [0, 0.05) is 45.6 Å². The van der Waals surface area contributed by atoms with Crippen LogP contribution >= 0.6 is 0 Å². The summed E-state index contributed by atoms with van der Waals surface area (Å²) in [5, 5.41) is 17.2. The maximum atomic E-state index is 12.8. The molecule has 0 bridgehead atoms. The Morgan fingerprint density at radius 3 is 2.56 bits per heavy atom. The molecule has 4 heterocycles. The van der Waals surface area contributed by atoms with E-state index in [0.29, 0.717) is 32.5 Å². The number of hydrogen-bond acceptors (Lipinski definition) is 9. The van der Waals surface area contributed by atoms with Crippen LogP contribution in [0.1, 0.15) is 60.3 Å². The highest BCUT2D eigenvalue weighted by atomic mass is 16.6. The molecule has 4 aliphatic heterocycles. The van der Waals surface area contributed by atoms with Crippen molar-refractivity contribution in [1.82, 2.24) is 15.5 Å². The zero-order chi connectivity index (χ0) is 31.1. The number of carbonyl (C=O) groups excluding carboxylic acids is 3. The Bertz CT molecular complexity index is 1080. The fourth-order valence-corrected chi connectivity index (χ4v) is 6.12. The van der Waals surface area contributed by atoms with Crippen LogP contribution in [0.4, 0.5) is 0 Å². The molecule has 0 aromatic carbocycles. The topological polar surface area (TPSA) is 139 Å². The summed E-state index contributed by atoms with van der Waals surface area (Å²) < 4.78 is 23.2. The van der Waals surface area contributed by atoms with Gasteiger partial charge in [-0.15, -0.1) is 0 Å². The van der Waals surface area contributed by atoms with Gasteiger partial charge in [0.2, 0.25) is 11.8 Å². The molecule has 3 N–H and O–H groups in total. The SMILES string of the molecule is CC(=O)O[C@@H](C)C=CC(=O)N[C@@H]1C[C@H](C)[C@H](CC=C(C)C=C[C@H]2O[C@H](CC(=O)N3CCNCC3)C[C@@]3(CO3)[C@H]2O)O[C@@H]1C. The van der Waals surface area contributed by atoms with Gasteiger partial charge in [-0.1, -0.05) is 30.7 Å². The monoisotopic (exact) mass is 603 g/mol. The third-order valence-electron chi connectivity index (χ3n) is 8.80. The highest BCUT2D eigenvalue weighted by Gasteiger charge is 2.58. The standard InChI is InChI=1S/C32H49N3O8/c1-20(6-9-27-21(2)16-26(23(4)42-27)34-29(37)11-8-22(3)41-24(5)36)7-10-28-31(39)32(19-40-32)18-25(43-28)17-30(38)35-14-12-33-13-15-35/h6-8,10-11,21-23,25-28,31,33,39H,9,12-19H2,1-5H3,(H,34,37)/t21-,22-,23+,25+,26+,27-,28+,31-,32+/m0/s1. The molecule has 240 valence electrons. The second-order valence-corrected chi connectivity index (χ2v) is 12.5. The number of carbonyl (C=O) groups is 3. The number of ether oxygens (including phenoxy) is 4. The molecule has 0 aromatic rings. The molecule has 0 unspecified atom stereocenters. The number of epoxide rings is 1. The predicted molar refractivity (Wildman–Crippen MR) is 160 cm³/mol. The third kappa shape index (κ3) is 9.46. The first-order valence-electron chi connectivity index (χ1n) is 15.6. The fourth-order valence-electron chi connectivity index (χ4n) is 6.12. The maximum absolute atomic E-state index is 12.8. The normalized spacial score (nSPS) is 35.7. The van der Waals surface area contributed by atoms with Crippen molar-refractivity contribution in [3.63, 3.8) is 0 Å². The Labute approximate surface area is 255 Å². The molecule has 9 atom stereocenters. The minimum absolute atomic E-state index is 0.00562. The largest absolute Gasteiger partial charge is 0.459 e. The summed E-state index contributed by atoms with van der Waals surface area (Å²) in [6, 6.07) is -0.120. The molecule has 11 nitrogen and oxygen atoms in total. The van der Waals surface area contributed by atoms with Crippen molar-refractivity contribution in [3.05, 3.63) is 36.0 Å². The van der Waals surface area contributed by atoms with E-state index >= 15 is 0 Å². The first kappa shape index (κ1) is 33.3. The zero-order valence-corrected chi connectivity index (χ0v) is 26.1. The van der Waals surface area contributed by atoms with Gasteiger partial charge in [-0.05, 0) is 45.6 Å². The molecule has 43 heavy (non-hydrogen) atoms. The summed E-state index contributed by atoms with van der Waals surface area (Å²) in [4.78, 5) is 38.1. The van der Waals surface area contributed by atoms with Crippen molar-refractivity contribution in [2.24, 2.45) is 5.92 Å². The minimum Gasteiger partial charge on any atom is -0.459 e. The van der Waals surface area contributed by atoms with Gasteiger partial charge < -0.3 is 39.6 Å². The molecular weight excluding hydrogens is 554 g/mol. The Morgan fingerprint density at radius 2 is 1.88 bits per heavy atom. The van der Waals surface area contributed by atoms with Crippen LogP contribution in [-0.2, 0) is 33.3 Å². The van der Waals surface area contributed by atoms with Gasteiger partial charge in [0.05, 0.1) is 37.4 Å². The van der Waals surface area contributed by atoms with E-state index in [0.717, 1.165) is 25.1 Å². The van der Waals surface area contributed by atoms with Gasteiger partial charge in [-0.25, -0.2) is 0 Å². The number of allylic oxidation sites excluding steroid dienone is 2. The lowest BCUT2D eigenvalue weighted by molar-refractivity contribution is -0.151. The summed E-state index contributed by atoms with van der Waals surface area (Å²) in [5.74, 6) is -0.328. The Kier molecular flexibility index (Phi) is 11.6. The van der Waals surface area contributed by atoms with Crippen LogP contribution < -0.4 is 10.6 Å². The minimum atomic E-state index is -0.781. The van der Waals surface area contributed by atoms with Crippen molar-refractivity contribution in [2.45, 2.75) is 109 Å². The first-order valence-corrected chi connectivity index (χ1v) is 15.6. The number of aliphatic hydroxyl groups excluding tert-OH is 1. The van der Waals surface area contributed by atoms with Gasteiger partial charge >= 0.3 is 5.97 Å². The van der Waals surface area contributed by atoms with Crippen LogP contribution in [0.2, 0.25) is 0 Å². The number of hydrogen-bond donors (Lipinski definition) is 3. The van der Waals surface area contributed by atoms with Crippen LogP contribution in [0.25, 0.3) is 0 Å². The van der Waals surface area contributed by atoms with Gasteiger partial charge in [-0.3, -0.25) is 14.4 Å². The average molecular weight is 604 g/mol. The second kappa shape index (κ2) is 14.9. The molecule has 0 saturated carbocycles. The van der Waals surface area contributed by atoms with Gasteiger partial charge in [0.1, 0.15) is 23.9 Å². The van der Waals surface area contributed by atoms with Gasteiger partial charge in [0.25, 0.3) is 0 Å². The molecule has 0 radical (unpaired) electrons. The van der Waals surface area contributed by atoms with Gasteiger partial charge in [0.15, 0.2) is 0 Å². The lowest BCUT2D eigenvalue weighted by Gasteiger charge is -2.39.